The number of esters is 1. The molecule has 10 heteroatoms. The van der Waals surface area contributed by atoms with E-state index < -0.39 is 0 Å². The van der Waals surface area contributed by atoms with E-state index in [0.717, 1.165) is 30.0 Å². The van der Waals surface area contributed by atoms with Gasteiger partial charge >= 0.3 is 5.97 Å². The summed E-state index contributed by atoms with van der Waals surface area (Å²) in [4.78, 5) is 37.5. The van der Waals surface area contributed by atoms with Gasteiger partial charge < -0.3 is 29.7 Å². The van der Waals surface area contributed by atoms with Gasteiger partial charge in [0.15, 0.2) is 11.0 Å². The third kappa shape index (κ3) is 5.45. The Balaban J connectivity index is 1.63. The van der Waals surface area contributed by atoms with E-state index in [9.17, 15) is 9.59 Å². The second-order valence-electron chi connectivity index (χ2n) is 7.98. The van der Waals surface area contributed by atoms with Crippen molar-refractivity contribution < 1.29 is 19.1 Å². The van der Waals surface area contributed by atoms with Crippen LogP contribution in [0.3, 0.4) is 0 Å². The number of carbonyl (C=O) groups excluding carboxylic acids is 2. The van der Waals surface area contributed by atoms with Crippen LogP contribution >= 0.6 is 11.6 Å². The molecule has 1 aliphatic heterocycles. The monoisotopic (exact) mass is 465 g/mol. The standard InChI is InChI=1S/C22H32ClN5O4/c1-5-7-10-32-22(30)14-11-18(24-13(14)3)28-9-8-16(17(12-28)31-4)26-21(29)20-25-15(6-2)19(23)27-20/h11,16-17,24H,5-10,12H2,1-4H3,(H,25,27)(H,26,29). The van der Waals surface area contributed by atoms with Gasteiger partial charge in [-0.25, -0.2) is 9.78 Å². The van der Waals surface area contributed by atoms with E-state index in [1.165, 1.54) is 0 Å². The van der Waals surface area contributed by atoms with Crippen LogP contribution < -0.4 is 10.2 Å². The summed E-state index contributed by atoms with van der Waals surface area (Å²) in [6, 6.07) is 1.65. The van der Waals surface area contributed by atoms with Crippen molar-refractivity contribution in [2.24, 2.45) is 0 Å². The van der Waals surface area contributed by atoms with E-state index in [-0.39, 0.29) is 29.8 Å². The zero-order chi connectivity index (χ0) is 23.3. The highest BCUT2D eigenvalue weighted by molar-refractivity contribution is 6.30. The summed E-state index contributed by atoms with van der Waals surface area (Å²) in [5.41, 5.74) is 2.05. The fourth-order valence-corrected chi connectivity index (χ4v) is 4.08. The average molecular weight is 466 g/mol. The predicted octanol–water partition coefficient (Wildman–Crippen LogP) is 3.24. The number of ether oxygens (including phenoxy) is 2. The average Bonchev–Trinajstić information content (AvgIpc) is 3.36. The number of rotatable bonds is 9. The Kier molecular flexibility index (Phi) is 8.20. The van der Waals surface area contributed by atoms with Gasteiger partial charge in [0.05, 0.1) is 30.0 Å². The van der Waals surface area contributed by atoms with E-state index in [4.69, 9.17) is 21.1 Å². The minimum absolute atomic E-state index is 0.174. The summed E-state index contributed by atoms with van der Waals surface area (Å²) in [7, 11) is 1.63. The molecule has 0 radical (unpaired) electrons. The van der Waals surface area contributed by atoms with Crippen molar-refractivity contribution in [1.82, 2.24) is 20.3 Å². The molecule has 32 heavy (non-hydrogen) atoms. The van der Waals surface area contributed by atoms with Gasteiger partial charge in [-0.15, -0.1) is 0 Å². The number of aromatic amines is 2. The lowest BCUT2D eigenvalue weighted by Gasteiger charge is -2.38. The molecule has 2 unspecified atom stereocenters. The first kappa shape index (κ1) is 24.1. The number of methoxy groups -OCH3 is 1. The normalized spacial score (nSPS) is 18.6. The van der Waals surface area contributed by atoms with Crippen molar-refractivity contribution in [3.63, 3.8) is 0 Å². The van der Waals surface area contributed by atoms with Crippen molar-refractivity contribution in [2.45, 2.75) is 58.6 Å². The molecule has 0 bridgehead atoms. The van der Waals surface area contributed by atoms with Gasteiger partial charge in [-0.05, 0) is 32.3 Å². The summed E-state index contributed by atoms with van der Waals surface area (Å²) >= 11 is 6.06. The SMILES string of the molecule is CCCCOC(=O)c1cc(N2CCC(NC(=O)c3nc(Cl)c(CC)[nH]3)C(OC)C2)[nH]c1C. The Labute approximate surface area is 193 Å². The molecule has 0 aromatic carbocycles. The van der Waals surface area contributed by atoms with Crippen molar-refractivity contribution in [2.75, 3.05) is 31.7 Å². The van der Waals surface area contributed by atoms with E-state index in [0.29, 0.717) is 43.3 Å². The fourth-order valence-electron chi connectivity index (χ4n) is 3.82. The van der Waals surface area contributed by atoms with Crippen LogP contribution in [0.4, 0.5) is 5.82 Å². The first-order valence-corrected chi connectivity index (χ1v) is 11.4. The molecular formula is C22H32ClN5O4. The number of halogens is 1. The number of anilines is 1. The molecule has 0 aliphatic carbocycles. The molecule has 0 saturated carbocycles. The van der Waals surface area contributed by atoms with Crippen LogP contribution in [0, 0.1) is 6.92 Å². The Morgan fingerprint density at radius 2 is 2.12 bits per heavy atom. The minimum Gasteiger partial charge on any atom is -0.462 e. The molecule has 3 heterocycles. The maximum Gasteiger partial charge on any atom is 0.340 e. The molecule has 1 saturated heterocycles. The number of hydrogen-bond acceptors (Lipinski definition) is 6. The third-order valence-corrected chi connectivity index (χ3v) is 6.08. The summed E-state index contributed by atoms with van der Waals surface area (Å²) in [5.74, 6) is 0.421. The molecule has 2 aromatic rings. The van der Waals surface area contributed by atoms with Gasteiger partial charge in [-0.3, -0.25) is 4.79 Å². The smallest absolute Gasteiger partial charge is 0.340 e. The molecule has 1 amide bonds. The zero-order valence-electron chi connectivity index (χ0n) is 19.1. The second-order valence-corrected chi connectivity index (χ2v) is 8.34. The molecule has 3 N–H and O–H groups in total. The van der Waals surface area contributed by atoms with Crippen LogP contribution in [-0.2, 0) is 15.9 Å². The molecule has 0 spiro atoms. The molecule has 9 nitrogen and oxygen atoms in total. The number of carbonyl (C=O) groups is 2. The molecule has 2 atom stereocenters. The maximum atomic E-state index is 12.6. The van der Waals surface area contributed by atoms with E-state index >= 15 is 0 Å². The third-order valence-electron chi connectivity index (χ3n) is 5.77. The Morgan fingerprint density at radius 1 is 1.34 bits per heavy atom. The molecule has 176 valence electrons. The van der Waals surface area contributed by atoms with Gasteiger partial charge in [0.1, 0.15) is 5.82 Å². The first-order valence-electron chi connectivity index (χ1n) is 11.1. The van der Waals surface area contributed by atoms with Crippen molar-refractivity contribution >= 4 is 29.3 Å². The quantitative estimate of drug-likeness (QED) is 0.387. The van der Waals surface area contributed by atoms with Crippen LogP contribution in [0.15, 0.2) is 6.07 Å². The molecule has 2 aromatic heterocycles. The van der Waals surface area contributed by atoms with Gasteiger partial charge in [-0.1, -0.05) is 31.9 Å². The molecule has 1 fully saturated rings. The highest BCUT2D eigenvalue weighted by Gasteiger charge is 2.32. The topological polar surface area (TPSA) is 112 Å². The van der Waals surface area contributed by atoms with Gasteiger partial charge in [0, 0.05) is 25.9 Å². The molecule has 1 aliphatic rings. The lowest BCUT2D eigenvalue weighted by Crippen LogP contribution is -2.55. The zero-order valence-corrected chi connectivity index (χ0v) is 19.8. The number of nitrogens with one attached hydrogen (secondary N) is 3. The summed E-state index contributed by atoms with van der Waals surface area (Å²) in [5, 5.41) is 3.33. The molecular weight excluding hydrogens is 434 g/mol. The van der Waals surface area contributed by atoms with Crippen molar-refractivity contribution in [1.29, 1.82) is 0 Å². The largest absolute Gasteiger partial charge is 0.462 e. The maximum absolute atomic E-state index is 12.6. The summed E-state index contributed by atoms with van der Waals surface area (Å²) in [6.45, 7) is 7.53. The second kappa shape index (κ2) is 10.9. The number of unbranched alkanes of at least 4 members (excludes halogenated alkanes) is 1. The lowest BCUT2D eigenvalue weighted by molar-refractivity contribution is 0.0498. The number of amides is 1. The lowest BCUT2D eigenvalue weighted by atomic mass is 10.0. The number of aryl methyl sites for hydroxylation is 2. The Hall–Kier alpha value is -2.52. The van der Waals surface area contributed by atoms with Gasteiger partial charge in [0.25, 0.3) is 5.91 Å². The van der Waals surface area contributed by atoms with Crippen molar-refractivity contribution in [3.05, 3.63) is 34.0 Å². The van der Waals surface area contributed by atoms with Crippen molar-refractivity contribution in [3.8, 4) is 0 Å². The van der Waals surface area contributed by atoms with Crippen LogP contribution in [0.1, 0.15) is 65.5 Å². The summed E-state index contributed by atoms with van der Waals surface area (Å²) in [6.07, 6.45) is 2.93. The van der Waals surface area contributed by atoms with Crippen LogP contribution in [0.25, 0.3) is 0 Å². The number of nitrogens with zero attached hydrogens (tertiary/aromatic N) is 2. The molecule has 3 rings (SSSR count). The number of hydrogen-bond donors (Lipinski definition) is 3. The summed E-state index contributed by atoms with van der Waals surface area (Å²) < 4.78 is 11.0. The van der Waals surface area contributed by atoms with E-state index in [1.54, 1.807) is 7.11 Å². The highest BCUT2D eigenvalue weighted by atomic mass is 35.5. The minimum atomic E-state index is -0.313. The van der Waals surface area contributed by atoms with Gasteiger partial charge in [-0.2, -0.15) is 0 Å². The van der Waals surface area contributed by atoms with Crippen LogP contribution in [0.5, 0.6) is 0 Å². The van der Waals surface area contributed by atoms with Crippen LogP contribution in [-0.4, -0.2) is 65.8 Å². The van der Waals surface area contributed by atoms with E-state index in [2.05, 4.69) is 32.1 Å². The number of imidazole rings is 1. The fraction of sp³-hybridized carbons (Fsp3) is 0.591. The number of aromatic nitrogens is 3. The van der Waals surface area contributed by atoms with Crippen LogP contribution in [0.2, 0.25) is 5.15 Å². The Bertz CT molecular complexity index is 941. The first-order chi connectivity index (χ1) is 15.4. The number of piperidine rings is 1. The van der Waals surface area contributed by atoms with E-state index in [1.807, 2.05) is 19.9 Å². The number of H-pyrrole nitrogens is 2. The van der Waals surface area contributed by atoms with Gasteiger partial charge in [0.2, 0.25) is 0 Å². The Morgan fingerprint density at radius 3 is 2.78 bits per heavy atom. The highest BCUT2D eigenvalue weighted by Crippen LogP contribution is 2.24. The predicted molar refractivity (Wildman–Crippen MR) is 123 cm³/mol.